The second-order valence-corrected chi connectivity index (χ2v) is 8.72. The molecule has 1 aliphatic heterocycles. The summed E-state index contributed by atoms with van der Waals surface area (Å²) >= 11 is 5.03. The van der Waals surface area contributed by atoms with E-state index in [-0.39, 0.29) is 11.8 Å². The van der Waals surface area contributed by atoms with Crippen LogP contribution in [-0.4, -0.2) is 49.5 Å². The third-order valence-corrected chi connectivity index (χ3v) is 6.07. The number of hydrogen-bond acceptors (Lipinski definition) is 6. The first kappa shape index (κ1) is 21.1. The van der Waals surface area contributed by atoms with E-state index < -0.39 is 0 Å². The van der Waals surface area contributed by atoms with E-state index in [1.165, 1.54) is 0 Å². The minimum atomic E-state index is -0.00471. The SMILES string of the molecule is COCCCNC(=O)[C@@H]1CCCN(c2ccc(Sc3ccc(Br)cc3)nn2)C1. The molecule has 0 radical (unpaired) electrons. The van der Waals surface area contributed by atoms with Gasteiger partial charge in [-0.3, -0.25) is 4.79 Å². The second kappa shape index (κ2) is 10.8. The Morgan fingerprint density at radius 3 is 2.82 bits per heavy atom. The fraction of sp³-hybridized carbons (Fsp3) is 0.450. The summed E-state index contributed by atoms with van der Waals surface area (Å²) in [5.74, 6) is 0.947. The molecule has 1 aliphatic rings. The number of nitrogens with one attached hydrogen (secondary N) is 1. The zero-order valence-corrected chi connectivity index (χ0v) is 18.3. The number of anilines is 1. The molecule has 0 spiro atoms. The summed E-state index contributed by atoms with van der Waals surface area (Å²) in [6.07, 6.45) is 2.73. The summed E-state index contributed by atoms with van der Waals surface area (Å²) < 4.78 is 6.07. The number of hydrogen-bond donors (Lipinski definition) is 1. The van der Waals surface area contributed by atoms with Crippen molar-refractivity contribution in [3.05, 3.63) is 40.9 Å². The number of ether oxygens (including phenoxy) is 1. The van der Waals surface area contributed by atoms with Gasteiger partial charge in [-0.1, -0.05) is 27.7 Å². The molecule has 0 saturated carbocycles. The van der Waals surface area contributed by atoms with Crippen LogP contribution in [0.1, 0.15) is 19.3 Å². The van der Waals surface area contributed by atoms with E-state index in [1.54, 1.807) is 18.9 Å². The Morgan fingerprint density at radius 2 is 2.11 bits per heavy atom. The monoisotopic (exact) mass is 464 g/mol. The smallest absolute Gasteiger partial charge is 0.224 e. The molecule has 1 saturated heterocycles. The van der Waals surface area contributed by atoms with Crippen molar-refractivity contribution in [1.29, 1.82) is 0 Å². The lowest BCUT2D eigenvalue weighted by Gasteiger charge is -2.32. The highest BCUT2D eigenvalue weighted by Crippen LogP contribution is 2.28. The van der Waals surface area contributed by atoms with Crippen molar-refractivity contribution in [3.8, 4) is 0 Å². The molecule has 0 unspecified atom stereocenters. The van der Waals surface area contributed by atoms with Crippen molar-refractivity contribution in [3.63, 3.8) is 0 Å². The summed E-state index contributed by atoms with van der Waals surface area (Å²) in [5.41, 5.74) is 0. The molecule has 1 aromatic heterocycles. The highest BCUT2D eigenvalue weighted by Gasteiger charge is 2.26. The fourth-order valence-corrected chi connectivity index (χ4v) is 4.13. The molecule has 1 aromatic carbocycles. The third kappa shape index (κ3) is 6.18. The summed E-state index contributed by atoms with van der Waals surface area (Å²) in [7, 11) is 1.67. The van der Waals surface area contributed by atoms with Crippen LogP contribution in [0.25, 0.3) is 0 Å². The predicted molar refractivity (Wildman–Crippen MR) is 115 cm³/mol. The summed E-state index contributed by atoms with van der Waals surface area (Å²) in [6, 6.07) is 12.1. The number of rotatable bonds is 8. The highest BCUT2D eigenvalue weighted by atomic mass is 79.9. The van der Waals surface area contributed by atoms with Gasteiger partial charge in [-0.15, -0.1) is 10.2 Å². The molecule has 1 atom stereocenters. The van der Waals surface area contributed by atoms with Gasteiger partial charge in [0.1, 0.15) is 5.03 Å². The lowest BCUT2D eigenvalue weighted by molar-refractivity contribution is -0.125. The number of carbonyl (C=O) groups excluding carboxylic acids is 1. The average molecular weight is 465 g/mol. The van der Waals surface area contributed by atoms with Gasteiger partial charge in [0.15, 0.2) is 5.82 Å². The largest absolute Gasteiger partial charge is 0.385 e. The topological polar surface area (TPSA) is 67.3 Å². The average Bonchev–Trinajstić information content (AvgIpc) is 2.73. The molecule has 1 N–H and O–H groups in total. The van der Waals surface area contributed by atoms with Crippen LogP contribution in [0.4, 0.5) is 5.82 Å². The molecule has 2 heterocycles. The molecule has 150 valence electrons. The number of amides is 1. The molecule has 0 aliphatic carbocycles. The van der Waals surface area contributed by atoms with Gasteiger partial charge < -0.3 is 15.0 Å². The van der Waals surface area contributed by atoms with E-state index in [2.05, 4.69) is 36.3 Å². The first-order valence-electron chi connectivity index (χ1n) is 9.44. The van der Waals surface area contributed by atoms with E-state index >= 15 is 0 Å². The zero-order chi connectivity index (χ0) is 19.8. The van der Waals surface area contributed by atoms with E-state index in [4.69, 9.17) is 4.74 Å². The Hall–Kier alpha value is -1.64. The molecule has 0 bridgehead atoms. The number of methoxy groups -OCH3 is 1. The van der Waals surface area contributed by atoms with Crippen molar-refractivity contribution < 1.29 is 9.53 Å². The van der Waals surface area contributed by atoms with Crippen molar-refractivity contribution in [2.75, 3.05) is 38.3 Å². The van der Waals surface area contributed by atoms with Crippen LogP contribution in [0.3, 0.4) is 0 Å². The lowest BCUT2D eigenvalue weighted by Crippen LogP contribution is -2.43. The molecule has 6 nitrogen and oxygen atoms in total. The van der Waals surface area contributed by atoms with Crippen molar-refractivity contribution >= 4 is 39.4 Å². The fourth-order valence-electron chi connectivity index (χ4n) is 3.13. The molecule has 3 rings (SSSR count). The van der Waals surface area contributed by atoms with Gasteiger partial charge in [0.05, 0.1) is 5.92 Å². The zero-order valence-electron chi connectivity index (χ0n) is 15.9. The quantitative estimate of drug-likeness (QED) is 0.599. The minimum absolute atomic E-state index is 0.00471. The second-order valence-electron chi connectivity index (χ2n) is 6.71. The van der Waals surface area contributed by atoms with E-state index in [1.807, 2.05) is 36.4 Å². The standard InChI is InChI=1S/C20H25BrN4O2S/c1-27-13-3-11-22-20(26)15-4-2-12-25(14-15)18-9-10-19(24-23-18)28-17-7-5-16(21)6-8-17/h5-10,15H,2-4,11-14H2,1H3,(H,22,26)/t15-/m1/s1. The van der Waals surface area contributed by atoms with Gasteiger partial charge >= 0.3 is 0 Å². The van der Waals surface area contributed by atoms with Gasteiger partial charge in [0.2, 0.25) is 5.91 Å². The predicted octanol–water partition coefficient (Wildman–Crippen LogP) is 3.76. The number of benzene rings is 1. The van der Waals surface area contributed by atoms with Crippen molar-refractivity contribution in [2.45, 2.75) is 29.2 Å². The van der Waals surface area contributed by atoms with Crippen LogP contribution in [0.15, 0.2) is 50.8 Å². The number of halogens is 1. The lowest BCUT2D eigenvalue weighted by atomic mass is 9.97. The van der Waals surface area contributed by atoms with Crippen LogP contribution in [-0.2, 0) is 9.53 Å². The Morgan fingerprint density at radius 1 is 1.29 bits per heavy atom. The Labute approximate surface area is 178 Å². The molecular formula is C20H25BrN4O2S. The van der Waals surface area contributed by atoms with E-state index in [0.717, 1.165) is 46.0 Å². The van der Waals surface area contributed by atoms with E-state index in [9.17, 15) is 4.79 Å². The molecule has 1 fully saturated rings. The molecule has 2 aromatic rings. The maximum absolute atomic E-state index is 12.4. The van der Waals surface area contributed by atoms with Crippen molar-refractivity contribution in [2.24, 2.45) is 5.92 Å². The summed E-state index contributed by atoms with van der Waals surface area (Å²) in [6.45, 7) is 2.91. The first-order chi connectivity index (χ1) is 13.7. The number of piperidine rings is 1. The number of aromatic nitrogens is 2. The third-order valence-electron chi connectivity index (χ3n) is 4.60. The molecule has 8 heteroatoms. The maximum Gasteiger partial charge on any atom is 0.224 e. The van der Waals surface area contributed by atoms with E-state index in [0.29, 0.717) is 19.7 Å². The Kier molecular flexibility index (Phi) is 8.12. The molecule has 1 amide bonds. The van der Waals surface area contributed by atoms with Gasteiger partial charge in [-0.25, -0.2) is 0 Å². The summed E-state index contributed by atoms with van der Waals surface area (Å²) in [5, 5.41) is 12.6. The first-order valence-corrected chi connectivity index (χ1v) is 11.1. The minimum Gasteiger partial charge on any atom is -0.385 e. The van der Waals surface area contributed by atoms with Crippen LogP contribution in [0.5, 0.6) is 0 Å². The molecular weight excluding hydrogens is 440 g/mol. The maximum atomic E-state index is 12.4. The number of carbonyl (C=O) groups is 1. The van der Waals surface area contributed by atoms with Crippen LogP contribution in [0.2, 0.25) is 0 Å². The van der Waals surface area contributed by atoms with Crippen LogP contribution < -0.4 is 10.2 Å². The highest BCUT2D eigenvalue weighted by molar-refractivity contribution is 9.10. The van der Waals surface area contributed by atoms with Gasteiger partial charge in [0, 0.05) is 42.7 Å². The van der Waals surface area contributed by atoms with Crippen molar-refractivity contribution in [1.82, 2.24) is 15.5 Å². The summed E-state index contributed by atoms with van der Waals surface area (Å²) in [4.78, 5) is 15.7. The van der Waals surface area contributed by atoms with Crippen LogP contribution >= 0.6 is 27.7 Å². The molecule has 28 heavy (non-hydrogen) atoms. The normalized spacial score (nSPS) is 16.8. The Balaban J connectivity index is 1.54. The Bertz CT molecular complexity index is 758. The van der Waals surface area contributed by atoms with Gasteiger partial charge in [-0.2, -0.15) is 0 Å². The number of nitrogens with zero attached hydrogens (tertiary/aromatic N) is 3. The van der Waals surface area contributed by atoms with Crippen LogP contribution in [0, 0.1) is 5.92 Å². The van der Waals surface area contributed by atoms with Gasteiger partial charge in [-0.05, 0) is 55.7 Å². The van der Waals surface area contributed by atoms with Gasteiger partial charge in [0.25, 0.3) is 0 Å².